The average Bonchev–Trinajstić information content (AvgIpc) is 3.55. The van der Waals surface area contributed by atoms with Gasteiger partial charge in [-0.05, 0) is 42.2 Å². The fourth-order valence-corrected chi connectivity index (χ4v) is 6.72. The molecule has 3 N–H and O–H groups in total. The first-order valence-corrected chi connectivity index (χ1v) is 12.7. The number of benzene rings is 1. The van der Waals surface area contributed by atoms with Crippen LogP contribution in [-0.2, 0) is 32.0 Å². The second kappa shape index (κ2) is 8.52. The highest BCUT2D eigenvalue weighted by atomic mass is 35.5. The molecule has 3 fully saturated rings. The molecule has 0 bridgehead atoms. The number of hydrogen-bond donors (Lipinski definition) is 2. The number of piperidine rings is 1. The van der Waals surface area contributed by atoms with E-state index in [2.05, 4.69) is 17.4 Å². The highest BCUT2D eigenvalue weighted by Crippen LogP contribution is 2.65. The molecule has 1 aliphatic heterocycles. The molecule has 4 aliphatic rings. The van der Waals surface area contributed by atoms with E-state index in [1.54, 1.807) is 4.90 Å². The van der Waals surface area contributed by atoms with Gasteiger partial charge in [0.1, 0.15) is 10.4 Å². The molecule has 34 heavy (non-hydrogen) atoms. The highest BCUT2D eigenvalue weighted by molar-refractivity contribution is 6.51. The Labute approximate surface area is 208 Å². The zero-order valence-electron chi connectivity index (χ0n) is 19.0. The normalized spacial score (nSPS) is 28.6. The van der Waals surface area contributed by atoms with Gasteiger partial charge in [-0.25, -0.2) is 0 Å². The van der Waals surface area contributed by atoms with Gasteiger partial charge in [-0.15, -0.1) is 23.2 Å². The van der Waals surface area contributed by atoms with Crippen LogP contribution in [0.15, 0.2) is 24.3 Å². The molecule has 9 heteroatoms. The number of rotatable bonds is 8. The van der Waals surface area contributed by atoms with Gasteiger partial charge in [0.05, 0.1) is 6.04 Å². The van der Waals surface area contributed by atoms with Crippen molar-refractivity contribution in [2.75, 3.05) is 6.54 Å². The summed E-state index contributed by atoms with van der Waals surface area (Å²) in [6, 6.07) is 6.34. The van der Waals surface area contributed by atoms with Crippen LogP contribution in [0.1, 0.15) is 37.3 Å². The SMILES string of the molecule is C[C@H](C(=O)N1C[C@H]2[C@@H]([C@H]1C(=O)NC(CC1CC1)C(=O)C(N)=O)C2(Cl)Cl)C1Cc2ccccc2C1. The Kier molecular flexibility index (Phi) is 5.92. The number of halogens is 2. The second-order valence-corrected chi connectivity index (χ2v) is 11.9. The number of Topliss-reactive ketones (excluding diaryl/α,β-unsaturated/α-hetero) is 1. The third-order valence-corrected chi connectivity index (χ3v) is 9.27. The highest BCUT2D eigenvalue weighted by Gasteiger charge is 2.74. The largest absolute Gasteiger partial charge is 0.363 e. The summed E-state index contributed by atoms with van der Waals surface area (Å²) in [4.78, 5) is 52.5. The minimum Gasteiger partial charge on any atom is -0.363 e. The summed E-state index contributed by atoms with van der Waals surface area (Å²) >= 11 is 12.9. The summed E-state index contributed by atoms with van der Waals surface area (Å²) in [5.74, 6) is -2.93. The minimum atomic E-state index is -1.08. The predicted molar refractivity (Wildman–Crippen MR) is 127 cm³/mol. The Balaban J connectivity index is 1.32. The number of nitrogens with one attached hydrogen (secondary N) is 1. The topological polar surface area (TPSA) is 110 Å². The number of hydrogen-bond acceptors (Lipinski definition) is 4. The maximum atomic E-state index is 13.6. The predicted octanol–water partition coefficient (Wildman–Crippen LogP) is 2.01. The zero-order chi connectivity index (χ0) is 24.4. The van der Waals surface area contributed by atoms with Crippen molar-refractivity contribution in [2.24, 2.45) is 35.3 Å². The molecule has 0 radical (unpaired) electrons. The van der Waals surface area contributed by atoms with Gasteiger partial charge < -0.3 is 16.0 Å². The van der Waals surface area contributed by atoms with Crippen LogP contribution < -0.4 is 11.1 Å². The molecule has 5 rings (SSSR count). The number of amides is 3. The van der Waals surface area contributed by atoms with Crippen molar-refractivity contribution in [3.63, 3.8) is 0 Å². The van der Waals surface area contributed by atoms with Gasteiger partial charge in [0, 0.05) is 24.3 Å². The third-order valence-electron chi connectivity index (χ3n) is 8.21. The fourth-order valence-electron chi connectivity index (χ4n) is 5.89. The molecule has 1 aromatic rings. The lowest BCUT2D eigenvalue weighted by atomic mass is 9.89. The Bertz CT molecular complexity index is 1030. The van der Waals surface area contributed by atoms with Crippen molar-refractivity contribution in [1.82, 2.24) is 10.2 Å². The van der Waals surface area contributed by atoms with Crippen LogP contribution in [0.5, 0.6) is 0 Å². The number of nitrogens with two attached hydrogens (primary N) is 1. The van der Waals surface area contributed by atoms with E-state index in [-0.39, 0.29) is 29.6 Å². The van der Waals surface area contributed by atoms with Crippen molar-refractivity contribution in [1.29, 1.82) is 0 Å². The molecule has 1 saturated heterocycles. The van der Waals surface area contributed by atoms with E-state index in [9.17, 15) is 19.2 Å². The molecule has 1 aromatic carbocycles. The van der Waals surface area contributed by atoms with E-state index in [1.807, 2.05) is 19.1 Å². The van der Waals surface area contributed by atoms with Crippen LogP contribution in [-0.4, -0.2) is 51.4 Å². The summed E-state index contributed by atoms with van der Waals surface area (Å²) in [5.41, 5.74) is 7.74. The smallest absolute Gasteiger partial charge is 0.287 e. The summed E-state index contributed by atoms with van der Waals surface area (Å²) in [6.45, 7) is 2.22. The molecule has 182 valence electrons. The number of fused-ring (bicyclic) bond motifs is 2. The lowest BCUT2D eigenvalue weighted by Crippen LogP contribution is -2.56. The summed E-state index contributed by atoms with van der Waals surface area (Å²) < 4.78 is -1.08. The summed E-state index contributed by atoms with van der Waals surface area (Å²) in [5, 5.41) is 2.71. The molecule has 7 nitrogen and oxygen atoms in total. The molecular formula is C25H29Cl2N3O4. The van der Waals surface area contributed by atoms with Crippen LogP contribution in [0.3, 0.4) is 0 Å². The van der Waals surface area contributed by atoms with Crippen LogP contribution in [0.25, 0.3) is 0 Å². The molecule has 5 atom stereocenters. The number of primary amides is 1. The number of nitrogens with zero attached hydrogens (tertiary/aromatic N) is 1. The van der Waals surface area contributed by atoms with Crippen molar-refractivity contribution in [3.05, 3.63) is 35.4 Å². The van der Waals surface area contributed by atoms with E-state index < -0.39 is 39.9 Å². The standard InChI is InChI=1S/C25H29Cl2N3O4/c1-12(16-9-14-4-2-3-5-15(14)10-16)24(34)30-11-17-19(25(17,26)27)20(30)23(33)29-18(8-13-6-7-13)21(31)22(28)32/h2-5,12-13,16-20H,6-11H2,1H3,(H2,28,32)(H,29,33)/t12-,17-,18?,19-,20-/m0/s1. The maximum absolute atomic E-state index is 13.6. The molecule has 1 unspecified atom stereocenters. The Morgan fingerprint density at radius 1 is 1.15 bits per heavy atom. The number of ketones is 1. The molecule has 0 aromatic heterocycles. The molecule has 3 amide bonds. The lowest BCUT2D eigenvalue weighted by molar-refractivity contribution is -0.145. The molecular weight excluding hydrogens is 477 g/mol. The monoisotopic (exact) mass is 505 g/mol. The maximum Gasteiger partial charge on any atom is 0.287 e. The van der Waals surface area contributed by atoms with E-state index in [1.165, 1.54) is 11.1 Å². The van der Waals surface area contributed by atoms with Gasteiger partial charge in [0.15, 0.2) is 0 Å². The number of carbonyl (C=O) groups is 4. The van der Waals surface area contributed by atoms with Crippen LogP contribution in [0, 0.1) is 29.6 Å². The van der Waals surface area contributed by atoms with E-state index in [0.29, 0.717) is 13.0 Å². The van der Waals surface area contributed by atoms with Gasteiger partial charge in [0.2, 0.25) is 17.6 Å². The minimum absolute atomic E-state index is 0.103. The Morgan fingerprint density at radius 3 is 2.32 bits per heavy atom. The third kappa shape index (κ3) is 4.11. The van der Waals surface area contributed by atoms with Crippen molar-refractivity contribution in [3.8, 4) is 0 Å². The van der Waals surface area contributed by atoms with E-state index in [0.717, 1.165) is 25.7 Å². The molecule has 2 saturated carbocycles. The average molecular weight is 506 g/mol. The van der Waals surface area contributed by atoms with Crippen LogP contribution >= 0.6 is 23.2 Å². The first-order valence-electron chi connectivity index (χ1n) is 12.0. The first-order chi connectivity index (χ1) is 16.1. The number of carbonyl (C=O) groups excluding carboxylic acids is 4. The van der Waals surface area contributed by atoms with Crippen LogP contribution in [0.2, 0.25) is 0 Å². The quantitative estimate of drug-likeness (QED) is 0.415. The van der Waals surface area contributed by atoms with Gasteiger partial charge in [-0.1, -0.05) is 44.0 Å². The van der Waals surface area contributed by atoms with E-state index in [4.69, 9.17) is 28.9 Å². The molecule has 0 spiro atoms. The first kappa shape index (κ1) is 23.6. The molecule has 1 heterocycles. The van der Waals surface area contributed by atoms with Gasteiger partial charge in [0.25, 0.3) is 5.91 Å². The Morgan fingerprint density at radius 2 is 1.76 bits per heavy atom. The fraction of sp³-hybridized carbons (Fsp3) is 0.600. The van der Waals surface area contributed by atoms with Gasteiger partial charge in [-0.2, -0.15) is 0 Å². The van der Waals surface area contributed by atoms with Crippen molar-refractivity contribution in [2.45, 2.75) is 55.4 Å². The van der Waals surface area contributed by atoms with Gasteiger partial charge in [-0.3, -0.25) is 19.2 Å². The van der Waals surface area contributed by atoms with Gasteiger partial charge >= 0.3 is 0 Å². The van der Waals surface area contributed by atoms with Crippen molar-refractivity contribution < 1.29 is 19.2 Å². The van der Waals surface area contributed by atoms with Crippen molar-refractivity contribution >= 4 is 46.7 Å². The summed E-state index contributed by atoms with van der Waals surface area (Å²) in [7, 11) is 0. The number of likely N-dealkylation sites (tertiary alicyclic amines) is 1. The lowest BCUT2D eigenvalue weighted by Gasteiger charge is -2.33. The van der Waals surface area contributed by atoms with Crippen LogP contribution in [0.4, 0.5) is 0 Å². The zero-order valence-corrected chi connectivity index (χ0v) is 20.5. The number of alkyl halides is 2. The Hall–Kier alpha value is -2.12. The van der Waals surface area contributed by atoms with E-state index >= 15 is 0 Å². The second-order valence-electron chi connectivity index (χ2n) is 10.4. The summed E-state index contributed by atoms with van der Waals surface area (Å²) in [6.07, 6.45) is 3.92. The molecule has 3 aliphatic carbocycles.